The van der Waals surface area contributed by atoms with Crippen molar-refractivity contribution in [3.63, 3.8) is 0 Å². The molecule has 2 nitrogen and oxygen atoms in total. The molecule has 80 valence electrons. The van der Waals surface area contributed by atoms with Crippen LogP contribution in [0.25, 0.3) is 11.3 Å². The van der Waals surface area contributed by atoms with Gasteiger partial charge in [0.1, 0.15) is 5.75 Å². The highest BCUT2D eigenvalue weighted by Gasteiger charge is 2.17. The van der Waals surface area contributed by atoms with E-state index in [1.54, 1.807) is 12.3 Å². The van der Waals surface area contributed by atoms with E-state index in [-0.39, 0.29) is 0 Å². The normalized spacial score (nSPS) is 13.3. The van der Waals surface area contributed by atoms with Gasteiger partial charge >= 0.3 is 0 Å². The van der Waals surface area contributed by atoms with Crippen molar-refractivity contribution < 1.29 is 4.74 Å². The molecule has 2 aromatic rings. The fourth-order valence-electron chi connectivity index (χ4n) is 1.97. The van der Waals surface area contributed by atoms with Crippen molar-refractivity contribution in [2.45, 2.75) is 6.42 Å². The Kier molecular flexibility index (Phi) is 2.29. The van der Waals surface area contributed by atoms with Gasteiger partial charge in [0.2, 0.25) is 0 Å². The van der Waals surface area contributed by atoms with Crippen LogP contribution < -0.4 is 4.74 Å². The van der Waals surface area contributed by atoms with Gasteiger partial charge in [0.15, 0.2) is 0 Å². The summed E-state index contributed by atoms with van der Waals surface area (Å²) in [6.45, 7) is 0.757. The van der Waals surface area contributed by atoms with Crippen LogP contribution in [0.15, 0.2) is 36.5 Å². The van der Waals surface area contributed by atoms with Crippen LogP contribution in [0.1, 0.15) is 5.56 Å². The molecule has 0 spiro atoms. The number of halogens is 1. The molecule has 3 rings (SSSR count). The van der Waals surface area contributed by atoms with E-state index < -0.39 is 0 Å². The molecule has 0 amide bonds. The number of benzene rings is 1. The molecule has 1 aromatic carbocycles. The molecule has 1 aliphatic heterocycles. The van der Waals surface area contributed by atoms with Crippen LogP contribution in [0.5, 0.6) is 5.75 Å². The predicted octanol–water partition coefficient (Wildman–Crippen LogP) is 3.34. The molecule has 1 aromatic heterocycles. The quantitative estimate of drug-likeness (QED) is 0.751. The number of aromatic nitrogens is 1. The van der Waals surface area contributed by atoms with E-state index in [0.29, 0.717) is 5.02 Å². The molecule has 0 N–H and O–H groups in total. The molecule has 0 atom stereocenters. The maximum absolute atomic E-state index is 5.96. The third kappa shape index (κ3) is 1.55. The summed E-state index contributed by atoms with van der Waals surface area (Å²) in [4.78, 5) is 4.32. The van der Waals surface area contributed by atoms with E-state index >= 15 is 0 Å². The van der Waals surface area contributed by atoms with E-state index in [2.05, 4.69) is 11.1 Å². The summed E-state index contributed by atoms with van der Waals surface area (Å²) in [5, 5.41) is 0.695. The second-order valence-electron chi connectivity index (χ2n) is 3.75. The second kappa shape index (κ2) is 3.80. The van der Waals surface area contributed by atoms with Crippen molar-refractivity contribution in [3.8, 4) is 17.0 Å². The molecule has 0 saturated heterocycles. The molecule has 0 aliphatic carbocycles. The van der Waals surface area contributed by atoms with E-state index in [9.17, 15) is 0 Å². The van der Waals surface area contributed by atoms with Crippen LogP contribution in [0.3, 0.4) is 0 Å². The van der Waals surface area contributed by atoms with Gasteiger partial charge in [-0.15, -0.1) is 0 Å². The highest BCUT2D eigenvalue weighted by molar-refractivity contribution is 6.30. The maximum Gasteiger partial charge on any atom is 0.132 e. The van der Waals surface area contributed by atoms with Gasteiger partial charge in [0, 0.05) is 23.2 Å². The Morgan fingerprint density at radius 2 is 2.19 bits per heavy atom. The van der Waals surface area contributed by atoms with Crippen LogP contribution in [-0.4, -0.2) is 11.6 Å². The summed E-state index contributed by atoms with van der Waals surface area (Å²) in [6.07, 6.45) is 2.69. The predicted molar refractivity (Wildman–Crippen MR) is 63.9 cm³/mol. The summed E-state index contributed by atoms with van der Waals surface area (Å²) in [5.41, 5.74) is 3.14. The number of ether oxygens (including phenoxy) is 1. The summed E-state index contributed by atoms with van der Waals surface area (Å²) in [5.74, 6) is 0.956. The topological polar surface area (TPSA) is 22.1 Å². The average molecular weight is 232 g/mol. The van der Waals surface area contributed by atoms with Crippen molar-refractivity contribution in [2.75, 3.05) is 6.61 Å². The molecule has 3 heteroatoms. The van der Waals surface area contributed by atoms with Crippen molar-refractivity contribution in [1.29, 1.82) is 0 Å². The minimum atomic E-state index is 0.695. The standard InChI is InChI=1S/C13H10ClNO/c14-10-4-6-15-12(8-10)11-3-1-2-9-5-7-16-13(9)11/h1-4,6,8H,5,7H2. The molecular weight excluding hydrogens is 222 g/mol. The zero-order chi connectivity index (χ0) is 11.0. The average Bonchev–Trinajstić information content (AvgIpc) is 2.76. The van der Waals surface area contributed by atoms with Gasteiger partial charge in [-0.3, -0.25) is 4.98 Å². The van der Waals surface area contributed by atoms with E-state index in [0.717, 1.165) is 30.0 Å². The van der Waals surface area contributed by atoms with Crippen LogP contribution in [0.2, 0.25) is 5.02 Å². The smallest absolute Gasteiger partial charge is 0.132 e. The number of nitrogens with zero attached hydrogens (tertiary/aromatic N) is 1. The summed E-state index contributed by atoms with van der Waals surface area (Å²) >= 11 is 5.96. The van der Waals surface area contributed by atoms with Crippen molar-refractivity contribution in [2.24, 2.45) is 0 Å². The number of para-hydroxylation sites is 1. The zero-order valence-electron chi connectivity index (χ0n) is 8.61. The monoisotopic (exact) mass is 231 g/mol. The van der Waals surface area contributed by atoms with Gasteiger partial charge in [0.05, 0.1) is 12.3 Å². The Bertz CT molecular complexity index is 539. The highest BCUT2D eigenvalue weighted by Crippen LogP contribution is 2.36. The lowest BCUT2D eigenvalue weighted by atomic mass is 10.1. The molecule has 2 heterocycles. The lowest BCUT2D eigenvalue weighted by molar-refractivity contribution is 0.358. The number of fused-ring (bicyclic) bond motifs is 1. The lowest BCUT2D eigenvalue weighted by Gasteiger charge is -2.07. The fourth-order valence-corrected chi connectivity index (χ4v) is 2.13. The Hall–Kier alpha value is -1.54. The number of pyridine rings is 1. The molecule has 0 saturated carbocycles. The van der Waals surface area contributed by atoms with Gasteiger partial charge in [-0.05, 0) is 23.8 Å². The number of rotatable bonds is 1. The van der Waals surface area contributed by atoms with Crippen molar-refractivity contribution >= 4 is 11.6 Å². The SMILES string of the molecule is Clc1ccnc(-c2cccc3c2OCC3)c1. The third-order valence-corrected chi connectivity index (χ3v) is 2.95. The van der Waals surface area contributed by atoms with Gasteiger partial charge in [-0.2, -0.15) is 0 Å². The van der Waals surface area contributed by atoms with Crippen molar-refractivity contribution in [1.82, 2.24) is 4.98 Å². The fraction of sp³-hybridized carbons (Fsp3) is 0.154. The minimum Gasteiger partial charge on any atom is -0.492 e. The molecular formula is C13H10ClNO. The largest absolute Gasteiger partial charge is 0.492 e. The Labute approximate surface area is 98.8 Å². The Morgan fingerprint density at radius 1 is 1.25 bits per heavy atom. The van der Waals surface area contributed by atoms with Crippen molar-refractivity contribution in [3.05, 3.63) is 47.1 Å². The molecule has 0 unspecified atom stereocenters. The number of hydrogen-bond donors (Lipinski definition) is 0. The highest BCUT2D eigenvalue weighted by atomic mass is 35.5. The lowest BCUT2D eigenvalue weighted by Crippen LogP contribution is -1.90. The van der Waals surface area contributed by atoms with Crippen LogP contribution in [0.4, 0.5) is 0 Å². The first kappa shape index (κ1) is 9.67. The molecule has 1 aliphatic rings. The Balaban J connectivity index is 2.17. The molecule has 0 bridgehead atoms. The molecule has 16 heavy (non-hydrogen) atoms. The summed E-state index contributed by atoms with van der Waals surface area (Å²) < 4.78 is 5.64. The van der Waals surface area contributed by atoms with Crippen LogP contribution in [-0.2, 0) is 6.42 Å². The summed E-state index contributed by atoms with van der Waals surface area (Å²) in [6, 6.07) is 9.78. The van der Waals surface area contributed by atoms with Crippen LogP contribution >= 0.6 is 11.6 Å². The van der Waals surface area contributed by atoms with E-state index in [4.69, 9.17) is 16.3 Å². The number of hydrogen-bond acceptors (Lipinski definition) is 2. The van der Waals surface area contributed by atoms with Crippen LogP contribution in [0, 0.1) is 0 Å². The maximum atomic E-state index is 5.96. The van der Waals surface area contributed by atoms with Gasteiger partial charge in [-0.25, -0.2) is 0 Å². The van der Waals surface area contributed by atoms with E-state index in [1.165, 1.54) is 5.56 Å². The summed E-state index contributed by atoms with van der Waals surface area (Å²) in [7, 11) is 0. The zero-order valence-corrected chi connectivity index (χ0v) is 9.37. The minimum absolute atomic E-state index is 0.695. The first-order valence-corrected chi connectivity index (χ1v) is 5.59. The van der Waals surface area contributed by atoms with Gasteiger partial charge in [-0.1, -0.05) is 23.7 Å². The molecule has 0 radical (unpaired) electrons. The van der Waals surface area contributed by atoms with E-state index in [1.807, 2.05) is 18.2 Å². The second-order valence-corrected chi connectivity index (χ2v) is 4.19. The first-order valence-electron chi connectivity index (χ1n) is 5.21. The molecule has 0 fully saturated rings. The first-order chi connectivity index (χ1) is 7.84. The third-order valence-electron chi connectivity index (χ3n) is 2.71. The van der Waals surface area contributed by atoms with Gasteiger partial charge < -0.3 is 4.74 Å². The Morgan fingerprint density at radius 3 is 3.06 bits per heavy atom. The van der Waals surface area contributed by atoms with Gasteiger partial charge in [0.25, 0.3) is 0 Å².